The van der Waals surface area contributed by atoms with Gasteiger partial charge in [-0.3, -0.25) is 9.69 Å². The minimum atomic E-state index is -0.882. The van der Waals surface area contributed by atoms with Crippen LogP contribution < -0.4 is 5.32 Å². The fraction of sp³-hybridized carbons (Fsp3) is 0.750. The highest BCUT2D eigenvalue weighted by Gasteiger charge is 2.52. The standard InChI is InChI=1S/C32H54N2O5/c1-11-12-18-31(7,8)28(35)33-20-27-26(34(32(9,10)38-27)29(36)39-30(4,5)6)19-25(23(2)3)22-37-21-24-16-14-13-15-17-24/h13-17,23,25-27H,11-12,18-22H2,1-10H3,(H,33,35)/t25?,26-,27?/m0/s1. The van der Waals surface area contributed by atoms with E-state index in [0.29, 0.717) is 32.1 Å². The van der Waals surface area contributed by atoms with E-state index < -0.39 is 22.8 Å². The third-order valence-electron chi connectivity index (χ3n) is 7.54. The number of carbonyl (C=O) groups excluding carboxylic acids is 2. The largest absolute Gasteiger partial charge is 0.444 e. The summed E-state index contributed by atoms with van der Waals surface area (Å²) in [6.45, 7) is 21.3. The molecule has 1 aromatic carbocycles. The number of hydrogen-bond acceptors (Lipinski definition) is 5. The molecule has 1 aromatic rings. The molecule has 0 aliphatic carbocycles. The minimum absolute atomic E-state index is 0.0124. The van der Waals surface area contributed by atoms with Gasteiger partial charge in [0, 0.05) is 12.0 Å². The average molecular weight is 547 g/mol. The Kier molecular flexibility index (Phi) is 11.9. The number of nitrogens with zero attached hydrogens (tertiary/aromatic N) is 1. The van der Waals surface area contributed by atoms with Crippen molar-refractivity contribution in [2.45, 2.75) is 125 Å². The Bertz CT molecular complexity index is 907. The van der Waals surface area contributed by atoms with Gasteiger partial charge in [-0.1, -0.05) is 77.8 Å². The maximum absolute atomic E-state index is 13.5. The van der Waals surface area contributed by atoms with Crippen LogP contribution in [0.25, 0.3) is 0 Å². The summed E-state index contributed by atoms with van der Waals surface area (Å²) in [5.74, 6) is 0.520. The Morgan fingerprint density at radius 1 is 1.10 bits per heavy atom. The molecular formula is C32H54N2O5. The fourth-order valence-electron chi connectivity index (χ4n) is 5.08. The number of unbranched alkanes of at least 4 members (excludes halogenated alkanes) is 1. The van der Waals surface area contributed by atoms with Gasteiger partial charge in [0.2, 0.25) is 5.91 Å². The van der Waals surface area contributed by atoms with Crippen LogP contribution in [-0.2, 0) is 25.6 Å². The molecular weight excluding hydrogens is 492 g/mol. The van der Waals surface area contributed by atoms with Gasteiger partial charge < -0.3 is 19.5 Å². The molecule has 7 nitrogen and oxygen atoms in total. The second-order valence-electron chi connectivity index (χ2n) is 13.5. The van der Waals surface area contributed by atoms with Crippen molar-refractivity contribution in [2.75, 3.05) is 13.2 Å². The SMILES string of the molecule is CCCCC(C)(C)C(=O)NCC1OC(C)(C)N(C(=O)OC(C)(C)C)[C@H]1CC(COCc1ccccc1)C(C)C. The first kappa shape index (κ1) is 33.1. The zero-order chi connectivity index (χ0) is 29.4. The lowest BCUT2D eigenvalue weighted by Crippen LogP contribution is -2.52. The lowest BCUT2D eigenvalue weighted by molar-refractivity contribution is -0.131. The van der Waals surface area contributed by atoms with Gasteiger partial charge in [-0.2, -0.15) is 0 Å². The molecule has 0 bridgehead atoms. The van der Waals surface area contributed by atoms with Crippen molar-refractivity contribution in [3.63, 3.8) is 0 Å². The number of rotatable bonds is 13. The number of nitrogens with one attached hydrogen (secondary N) is 1. The molecule has 1 aliphatic heterocycles. The summed E-state index contributed by atoms with van der Waals surface area (Å²) in [7, 11) is 0. The molecule has 0 aromatic heterocycles. The van der Waals surface area contributed by atoms with Crippen LogP contribution in [0.5, 0.6) is 0 Å². The highest BCUT2D eigenvalue weighted by Crippen LogP contribution is 2.38. The quantitative estimate of drug-likeness (QED) is 0.290. The van der Waals surface area contributed by atoms with Crippen molar-refractivity contribution in [3.05, 3.63) is 35.9 Å². The number of carbonyl (C=O) groups is 2. The van der Waals surface area contributed by atoms with Crippen molar-refractivity contribution in [2.24, 2.45) is 17.3 Å². The molecule has 1 saturated heterocycles. The van der Waals surface area contributed by atoms with Crippen LogP contribution in [0.4, 0.5) is 4.79 Å². The van der Waals surface area contributed by atoms with Gasteiger partial charge in [0.25, 0.3) is 0 Å². The van der Waals surface area contributed by atoms with Crippen LogP contribution >= 0.6 is 0 Å². The molecule has 7 heteroatoms. The second kappa shape index (κ2) is 14.0. The Hall–Kier alpha value is -2.12. The summed E-state index contributed by atoms with van der Waals surface area (Å²) in [5, 5.41) is 3.14. The molecule has 1 heterocycles. The van der Waals surface area contributed by atoms with Crippen LogP contribution in [0.2, 0.25) is 0 Å². The van der Waals surface area contributed by atoms with E-state index in [2.05, 4.69) is 38.2 Å². The van der Waals surface area contributed by atoms with Gasteiger partial charge in [-0.05, 0) is 64.9 Å². The molecule has 0 spiro atoms. The minimum Gasteiger partial charge on any atom is -0.444 e. The molecule has 3 atom stereocenters. The van der Waals surface area contributed by atoms with Gasteiger partial charge in [0.1, 0.15) is 11.3 Å². The van der Waals surface area contributed by atoms with Crippen molar-refractivity contribution in [3.8, 4) is 0 Å². The number of ether oxygens (including phenoxy) is 3. The smallest absolute Gasteiger partial charge is 0.412 e. The Labute approximate surface area is 237 Å². The van der Waals surface area contributed by atoms with Crippen LogP contribution in [0.1, 0.15) is 100 Å². The molecule has 0 radical (unpaired) electrons. The van der Waals surface area contributed by atoms with Crippen molar-refractivity contribution in [1.29, 1.82) is 0 Å². The van der Waals surface area contributed by atoms with Gasteiger partial charge in [0.05, 0.1) is 25.4 Å². The van der Waals surface area contributed by atoms with E-state index in [1.165, 1.54) is 0 Å². The van der Waals surface area contributed by atoms with E-state index in [9.17, 15) is 9.59 Å². The van der Waals surface area contributed by atoms with Crippen LogP contribution in [-0.4, -0.2) is 53.5 Å². The van der Waals surface area contributed by atoms with Crippen LogP contribution in [0.3, 0.4) is 0 Å². The second-order valence-corrected chi connectivity index (χ2v) is 13.5. The maximum Gasteiger partial charge on any atom is 0.412 e. The summed E-state index contributed by atoms with van der Waals surface area (Å²) in [4.78, 5) is 28.4. The van der Waals surface area contributed by atoms with Gasteiger partial charge in [-0.25, -0.2) is 4.79 Å². The number of benzene rings is 1. The third kappa shape index (κ3) is 10.1. The van der Waals surface area contributed by atoms with Crippen LogP contribution in [0.15, 0.2) is 30.3 Å². The number of amides is 2. The summed E-state index contributed by atoms with van der Waals surface area (Å²) in [6, 6.07) is 9.86. The molecule has 1 fully saturated rings. The van der Waals surface area contributed by atoms with Crippen LogP contribution in [0, 0.1) is 17.3 Å². The molecule has 222 valence electrons. The van der Waals surface area contributed by atoms with Gasteiger partial charge >= 0.3 is 6.09 Å². The Morgan fingerprint density at radius 2 is 1.74 bits per heavy atom. The van der Waals surface area contributed by atoms with E-state index in [1.54, 1.807) is 4.90 Å². The molecule has 0 saturated carbocycles. The molecule has 1 N–H and O–H groups in total. The first-order chi connectivity index (χ1) is 18.1. The molecule has 2 amide bonds. The first-order valence-electron chi connectivity index (χ1n) is 14.7. The van der Waals surface area contributed by atoms with Gasteiger partial charge in [-0.15, -0.1) is 0 Å². The van der Waals surface area contributed by atoms with Gasteiger partial charge in [0.15, 0.2) is 0 Å². The zero-order valence-electron chi connectivity index (χ0n) is 26.1. The topological polar surface area (TPSA) is 77.1 Å². The monoisotopic (exact) mass is 546 g/mol. The summed E-state index contributed by atoms with van der Waals surface area (Å²) >= 11 is 0. The normalized spacial score (nSPS) is 20.2. The van der Waals surface area contributed by atoms with E-state index in [4.69, 9.17) is 14.2 Å². The van der Waals surface area contributed by atoms with Crippen molar-refractivity contribution >= 4 is 12.0 Å². The van der Waals surface area contributed by atoms with E-state index >= 15 is 0 Å². The van der Waals surface area contributed by atoms with Crippen molar-refractivity contribution in [1.82, 2.24) is 10.2 Å². The predicted octanol–water partition coefficient (Wildman–Crippen LogP) is 6.94. The molecule has 1 aliphatic rings. The van der Waals surface area contributed by atoms with E-state index in [-0.39, 0.29) is 24.0 Å². The number of hydrogen-bond donors (Lipinski definition) is 1. The summed E-state index contributed by atoms with van der Waals surface area (Å²) in [5.41, 5.74) is -0.848. The lowest BCUT2D eigenvalue weighted by atomic mass is 9.85. The van der Waals surface area contributed by atoms with E-state index in [1.807, 2.05) is 66.7 Å². The Balaban J connectivity index is 2.24. The van der Waals surface area contributed by atoms with E-state index in [0.717, 1.165) is 24.8 Å². The zero-order valence-corrected chi connectivity index (χ0v) is 26.1. The first-order valence-corrected chi connectivity index (χ1v) is 14.7. The highest BCUT2D eigenvalue weighted by molar-refractivity contribution is 5.81. The Morgan fingerprint density at radius 3 is 2.31 bits per heavy atom. The molecule has 39 heavy (non-hydrogen) atoms. The predicted molar refractivity (Wildman–Crippen MR) is 156 cm³/mol. The summed E-state index contributed by atoms with van der Waals surface area (Å²) in [6.07, 6.45) is 2.78. The lowest BCUT2D eigenvalue weighted by Gasteiger charge is -2.37. The molecule has 2 rings (SSSR count). The third-order valence-corrected chi connectivity index (χ3v) is 7.54. The summed E-state index contributed by atoms with van der Waals surface area (Å²) < 4.78 is 18.5. The molecule has 2 unspecified atom stereocenters. The average Bonchev–Trinajstić information content (AvgIpc) is 3.09. The maximum atomic E-state index is 13.5. The fourth-order valence-corrected chi connectivity index (χ4v) is 5.08. The van der Waals surface area contributed by atoms with Crippen molar-refractivity contribution < 1.29 is 23.8 Å². The highest BCUT2D eigenvalue weighted by atomic mass is 16.6.